The maximum Gasteiger partial charge on any atom is 0.319 e. The van der Waals surface area contributed by atoms with Crippen LogP contribution in [0, 0.1) is 0 Å². The van der Waals surface area contributed by atoms with Crippen LogP contribution in [0.15, 0.2) is 18.2 Å². The highest BCUT2D eigenvalue weighted by Gasteiger charge is 2.14. The first-order valence-electron chi connectivity index (χ1n) is 7.48. The lowest BCUT2D eigenvalue weighted by Crippen LogP contribution is -2.39. The van der Waals surface area contributed by atoms with Crippen LogP contribution in [0.3, 0.4) is 0 Å². The Hall–Kier alpha value is -1.95. The molecule has 6 heteroatoms. The predicted octanol–water partition coefficient (Wildman–Crippen LogP) is 2.02. The van der Waals surface area contributed by atoms with E-state index in [4.69, 9.17) is 9.47 Å². The lowest BCUT2D eigenvalue weighted by Gasteiger charge is -2.26. The summed E-state index contributed by atoms with van der Waals surface area (Å²) in [5.41, 5.74) is 0.703. The fourth-order valence-corrected chi connectivity index (χ4v) is 2.66. The van der Waals surface area contributed by atoms with E-state index in [1.54, 1.807) is 18.2 Å². The first-order valence-corrected chi connectivity index (χ1v) is 7.48. The number of ether oxygens (including phenoxy) is 2. The summed E-state index contributed by atoms with van der Waals surface area (Å²) < 4.78 is 10.5. The Morgan fingerprint density at radius 2 is 1.95 bits per heavy atom. The van der Waals surface area contributed by atoms with E-state index in [2.05, 4.69) is 15.5 Å². The average molecular weight is 291 g/mol. The largest absolute Gasteiger partial charge is 0.454 e. The van der Waals surface area contributed by atoms with Crippen molar-refractivity contribution in [1.82, 2.24) is 10.2 Å². The second-order valence-corrected chi connectivity index (χ2v) is 5.35. The summed E-state index contributed by atoms with van der Waals surface area (Å²) in [6.07, 6.45) is 3.86. The lowest BCUT2D eigenvalue weighted by atomic mass is 10.1. The molecule has 0 atom stereocenters. The second-order valence-electron chi connectivity index (χ2n) is 5.35. The number of urea groups is 1. The molecular formula is C15H21N3O3. The summed E-state index contributed by atoms with van der Waals surface area (Å²) in [7, 11) is 0. The molecule has 2 N–H and O–H groups in total. The van der Waals surface area contributed by atoms with E-state index in [0.717, 1.165) is 19.6 Å². The van der Waals surface area contributed by atoms with Gasteiger partial charge in [-0.15, -0.1) is 0 Å². The van der Waals surface area contributed by atoms with Crippen LogP contribution in [-0.2, 0) is 0 Å². The number of nitrogens with one attached hydrogen (secondary N) is 2. The molecule has 2 aliphatic heterocycles. The van der Waals surface area contributed by atoms with Crippen molar-refractivity contribution in [1.29, 1.82) is 0 Å². The molecule has 21 heavy (non-hydrogen) atoms. The standard InChI is InChI=1S/C15H21N3O3/c19-15(16-6-9-18-7-2-1-3-8-18)17-12-4-5-13-14(10-12)21-11-20-13/h4-5,10H,1-3,6-9,11H2,(H2,16,17,19). The second kappa shape index (κ2) is 6.67. The Kier molecular flexibility index (Phi) is 4.45. The van der Waals surface area contributed by atoms with Gasteiger partial charge in [-0.05, 0) is 38.1 Å². The molecule has 114 valence electrons. The highest BCUT2D eigenvalue weighted by atomic mass is 16.7. The first kappa shape index (κ1) is 14.0. The number of likely N-dealkylation sites (tertiary alicyclic amines) is 1. The van der Waals surface area contributed by atoms with Crippen LogP contribution in [0.4, 0.5) is 10.5 Å². The van der Waals surface area contributed by atoms with Gasteiger partial charge in [0.2, 0.25) is 6.79 Å². The van der Waals surface area contributed by atoms with E-state index >= 15 is 0 Å². The van der Waals surface area contributed by atoms with Crippen LogP contribution in [0.5, 0.6) is 11.5 Å². The van der Waals surface area contributed by atoms with Crippen molar-refractivity contribution in [2.45, 2.75) is 19.3 Å². The van der Waals surface area contributed by atoms with Gasteiger partial charge in [-0.1, -0.05) is 6.42 Å². The van der Waals surface area contributed by atoms with E-state index in [-0.39, 0.29) is 12.8 Å². The molecule has 1 fully saturated rings. The van der Waals surface area contributed by atoms with Gasteiger partial charge >= 0.3 is 6.03 Å². The highest BCUT2D eigenvalue weighted by molar-refractivity contribution is 5.89. The fourth-order valence-electron chi connectivity index (χ4n) is 2.66. The van der Waals surface area contributed by atoms with Crippen molar-refractivity contribution in [3.05, 3.63) is 18.2 Å². The molecule has 1 aromatic carbocycles. The zero-order valence-corrected chi connectivity index (χ0v) is 12.1. The number of piperidine rings is 1. The van der Waals surface area contributed by atoms with Gasteiger partial charge in [0.25, 0.3) is 0 Å². The molecule has 0 aliphatic carbocycles. The Bertz CT molecular complexity index is 501. The van der Waals surface area contributed by atoms with Crippen molar-refractivity contribution >= 4 is 11.7 Å². The number of hydrogen-bond acceptors (Lipinski definition) is 4. The minimum absolute atomic E-state index is 0.189. The van der Waals surface area contributed by atoms with E-state index < -0.39 is 0 Å². The number of hydrogen-bond donors (Lipinski definition) is 2. The van der Waals surface area contributed by atoms with Gasteiger partial charge in [0.15, 0.2) is 11.5 Å². The summed E-state index contributed by atoms with van der Waals surface area (Å²) in [6, 6.07) is 5.18. The molecule has 0 bridgehead atoms. The zero-order chi connectivity index (χ0) is 14.5. The SMILES string of the molecule is O=C(NCCN1CCCCC1)Nc1ccc2c(c1)OCO2. The minimum Gasteiger partial charge on any atom is -0.454 e. The van der Waals surface area contributed by atoms with Crippen molar-refractivity contribution in [2.75, 3.05) is 38.3 Å². The van der Waals surface area contributed by atoms with Crippen LogP contribution in [-0.4, -0.2) is 43.9 Å². The molecule has 0 unspecified atom stereocenters. The summed E-state index contributed by atoms with van der Waals surface area (Å²) in [5, 5.41) is 5.69. The molecule has 3 rings (SSSR count). The molecule has 0 radical (unpaired) electrons. The first-order chi connectivity index (χ1) is 10.3. The molecule has 1 aromatic rings. The number of rotatable bonds is 4. The maximum absolute atomic E-state index is 11.8. The zero-order valence-electron chi connectivity index (χ0n) is 12.1. The summed E-state index contributed by atoms with van der Waals surface area (Å²) in [4.78, 5) is 14.2. The molecule has 2 aliphatic rings. The molecule has 2 heterocycles. The number of benzene rings is 1. The predicted molar refractivity (Wildman–Crippen MR) is 79.9 cm³/mol. The van der Waals surface area contributed by atoms with Crippen LogP contribution < -0.4 is 20.1 Å². The molecule has 2 amide bonds. The summed E-state index contributed by atoms with van der Waals surface area (Å²) in [6.45, 7) is 4.10. The van der Waals surface area contributed by atoms with Gasteiger partial charge in [-0.2, -0.15) is 0 Å². The topological polar surface area (TPSA) is 62.8 Å². The number of carbonyl (C=O) groups excluding carboxylic acids is 1. The van der Waals surface area contributed by atoms with E-state index in [9.17, 15) is 4.79 Å². The van der Waals surface area contributed by atoms with E-state index in [1.165, 1.54) is 19.3 Å². The van der Waals surface area contributed by atoms with Crippen LogP contribution >= 0.6 is 0 Å². The van der Waals surface area contributed by atoms with Gasteiger partial charge in [-0.3, -0.25) is 0 Å². The normalized spacial score (nSPS) is 17.5. The smallest absolute Gasteiger partial charge is 0.319 e. The fraction of sp³-hybridized carbons (Fsp3) is 0.533. The third-order valence-electron chi connectivity index (χ3n) is 3.79. The quantitative estimate of drug-likeness (QED) is 0.891. The highest BCUT2D eigenvalue weighted by Crippen LogP contribution is 2.34. The molecule has 0 aromatic heterocycles. The number of amides is 2. The average Bonchev–Trinajstić information content (AvgIpc) is 2.96. The van der Waals surface area contributed by atoms with E-state index in [0.29, 0.717) is 23.7 Å². The molecule has 1 saturated heterocycles. The number of nitrogens with zero attached hydrogens (tertiary/aromatic N) is 1. The minimum atomic E-state index is -0.189. The number of carbonyl (C=O) groups is 1. The maximum atomic E-state index is 11.8. The molecular weight excluding hydrogens is 270 g/mol. The van der Waals surface area contributed by atoms with Crippen LogP contribution in [0.1, 0.15) is 19.3 Å². The Morgan fingerprint density at radius 3 is 2.81 bits per heavy atom. The van der Waals surface area contributed by atoms with Crippen molar-refractivity contribution < 1.29 is 14.3 Å². The van der Waals surface area contributed by atoms with Gasteiger partial charge in [0, 0.05) is 24.8 Å². The Labute approximate surface area is 124 Å². The van der Waals surface area contributed by atoms with Gasteiger partial charge in [0.1, 0.15) is 0 Å². The monoisotopic (exact) mass is 291 g/mol. The molecule has 0 spiro atoms. The number of fused-ring (bicyclic) bond motifs is 1. The third-order valence-corrected chi connectivity index (χ3v) is 3.79. The third kappa shape index (κ3) is 3.78. The van der Waals surface area contributed by atoms with Crippen molar-refractivity contribution in [2.24, 2.45) is 0 Å². The van der Waals surface area contributed by atoms with Gasteiger partial charge in [0.05, 0.1) is 0 Å². The molecule has 6 nitrogen and oxygen atoms in total. The summed E-state index contributed by atoms with van der Waals surface area (Å²) >= 11 is 0. The number of anilines is 1. The molecule has 0 saturated carbocycles. The summed E-state index contributed by atoms with van der Waals surface area (Å²) in [5.74, 6) is 1.38. The van der Waals surface area contributed by atoms with Crippen LogP contribution in [0.2, 0.25) is 0 Å². The van der Waals surface area contributed by atoms with Crippen molar-refractivity contribution in [3.8, 4) is 11.5 Å². The van der Waals surface area contributed by atoms with Gasteiger partial charge in [-0.25, -0.2) is 4.79 Å². The van der Waals surface area contributed by atoms with E-state index in [1.807, 2.05) is 0 Å². The Balaban J connectivity index is 1.41. The van der Waals surface area contributed by atoms with Gasteiger partial charge < -0.3 is 25.0 Å². The van der Waals surface area contributed by atoms with Crippen molar-refractivity contribution in [3.63, 3.8) is 0 Å². The van der Waals surface area contributed by atoms with Crippen LogP contribution in [0.25, 0.3) is 0 Å². The Morgan fingerprint density at radius 1 is 1.14 bits per heavy atom. The lowest BCUT2D eigenvalue weighted by molar-refractivity contribution is 0.174.